The number of aromatic nitrogens is 2. The highest BCUT2D eigenvalue weighted by atomic mass is 15.1. The molecular weight excluding hydrogens is 246 g/mol. The van der Waals surface area contributed by atoms with E-state index in [4.69, 9.17) is 4.98 Å². The Morgan fingerprint density at radius 1 is 1.25 bits per heavy atom. The quantitative estimate of drug-likeness (QED) is 0.793. The van der Waals surface area contributed by atoms with Crippen LogP contribution in [0.25, 0.3) is 11.0 Å². The Bertz CT molecular complexity index is 526. The van der Waals surface area contributed by atoms with Crippen molar-refractivity contribution >= 4 is 11.0 Å². The minimum absolute atomic E-state index is 0.638. The van der Waals surface area contributed by atoms with Crippen molar-refractivity contribution in [2.75, 3.05) is 7.05 Å². The maximum Gasteiger partial charge on any atom is 0.109 e. The van der Waals surface area contributed by atoms with Gasteiger partial charge in [0.15, 0.2) is 0 Å². The minimum Gasteiger partial charge on any atom is -0.328 e. The molecule has 0 radical (unpaired) electrons. The van der Waals surface area contributed by atoms with E-state index in [-0.39, 0.29) is 0 Å². The van der Waals surface area contributed by atoms with E-state index in [9.17, 15) is 0 Å². The molecule has 0 aliphatic rings. The summed E-state index contributed by atoms with van der Waals surface area (Å²) in [5.74, 6) is 1.25. The number of hydrogen-bond donors (Lipinski definition) is 1. The fourth-order valence-corrected chi connectivity index (χ4v) is 2.85. The molecule has 0 amide bonds. The third kappa shape index (κ3) is 3.40. The van der Waals surface area contributed by atoms with Crippen molar-refractivity contribution in [3.05, 3.63) is 30.1 Å². The van der Waals surface area contributed by atoms with Crippen molar-refractivity contribution in [2.45, 2.75) is 58.5 Å². The summed E-state index contributed by atoms with van der Waals surface area (Å²) < 4.78 is 2.40. The molecule has 3 nitrogen and oxygen atoms in total. The molecule has 1 aromatic heterocycles. The lowest BCUT2D eigenvalue weighted by Gasteiger charge is -2.13. The lowest BCUT2D eigenvalue weighted by atomic mass is 10.1. The second-order valence-electron chi connectivity index (χ2n) is 5.45. The fraction of sp³-hybridized carbons (Fsp3) is 0.588. The predicted octanol–water partition coefficient (Wildman–Crippen LogP) is 3.77. The molecule has 0 saturated heterocycles. The predicted molar refractivity (Wildman–Crippen MR) is 86.1 cm³/mol. The van der Waals surface area contributed by atoms with Gasteiger partial charge in [0.05, 0.1) is 11.0 Å². The molecule has 0 fully saturated rings. The van der Waals surface area contributed by atoms with E-state index < -0.39 is 0 Å². The number of imidazole rings is 1. The van der Waals surface area contributed by atoms with E-state index in [2.05, 4.69) is 55.0 Å². The summed E-state index contributed by atoms with van der Waals surface area (Å²) in [6.07, 6.45) is 5.85. The number of benzene rings is 1. The molecule has 1 atom stereocenters. The van der Waals surface area contributed by atoms with E-state index in [1.165, 1.54) is 30.6 Å². The average molecular weight is 273 g/mol. The Morgan fingerprint density at radius 3 is 2.75 bits per heavy atom. The van der Waals surface area contributed by atoms with Crippen LogP contribution in [0.15, 0.2) is 24.3 Å². The van der Waals surface area contributed by atoms with Gasteiger partial charge in [0.2, 0.25) is 0 Å². The molecule has 110 valence electrons. The molecule has 0 aliphatic carbocycles. The van der Waals surface area contributed by atoms with Crippen molar-refractivity contribution in [3.63, 3.8) is 0 Å². The number of rotatable bonds is 8. The Hall–Kier alpha value is -1.35. The van der Waals surface area contributed by atoms with Gasteiger partial charge in [0, 0.05) is 19.0 Å². The Labute approximate surface area is 122 Å². The second-order valence-corrected chi connectivity index (χ2v) is 5.45. The molecule has 0 aliphatic heterocycles. The highest BCUT2D eigenvalue weighted by molar-refractivity contribution is 5.75. The van der Waals surface area contributed by atoms with Crippen molar-refractivity contribution in [3.8, 4) is 0 Å². The van der Waals surface area contributed by atoms with E-state index in [0.717, 1.165) is 24.9 Å². The van der Waals surface area contributed by atoms with Crippen LogP contribution in [-0.4, -0.2) is 22.6 Å². The summed E-state index contributed by atoms with van der Waals surface area (Å²) in [6.45, 7) is 5.54. The van der Waals surface area contributed by atoms with Gasteiger partial charge in [-0.25, -0.2) is 4.98 Å². The van der Waals surface area contributed by atoms with Crippen molar-refractivity contribution in [2.24, 2.45) is 0 Å². The largest absolute Gasteiger partial charge is 0.328 e. The maximum absolute atomic E-state index is 4.82. The standard InChI is InChI=1S/C17H27N3/c1-4-13-20-16-11-7-6-10-15(16)19-17(20)12-8-9-14(5-2)18-3/h6-7,10-11,14,18H,4-5,8-9,12-13H2,1-3H3. The number of nitrogens with zero attached hydrogens (tertiary/aromatic N) is 2. The second kappa shape index (κ2) is 7.44. The summed E-state index contributed by atoms with van der Waals surface area (Å²) in [7, 11) is 2.06. The molecule has 2 rings (SSSR count). The fourth-order valence-electron chi connectivity index (χ4n) is 2.85. The van der Waals surface area contributed by atoms with Gasteiger partial charge in [-0.05, 0) is 44.9 Å². The molecule has 20 heavy (non-hydrogen) atoms. The van der Waals surface area contributed by atoms with Crippen LogP contribution in [0.3, 0.4) is 0 Å². The van der Waals surface area contributed by atoms with E-state index in [1.54, 1.807) is 0 Å². The summed E-state index contributed by atoms with van der Waals surface area (Å²) >= 11 is 0. The third-order valence-electron chi connectivity index (χ3n) is 4.03. The van der Waals surface area contributed by atoms with Crippen molar-refractivity contribution < 1.29 is 0 Å². The highest BCUT2D eigenvalue weighted by Gasteiger charge is 2.10. The molecular formula is C17H27N3. The van der Waals surface area contributed by atoms with Crippen LogP contribution >= 0.6 is 0 Å². The van der Waals surface area contributed by atoms with Gasteiger partial charge in [-0.3, -0.25) is 0 Å². The molecule has 0 spiro atoms. The zero-order valence-electron chi connectivity index (χ0n) is 13.0. The Kier molecular flexibility index (Phi) is 5.60. The third-order valence-corrected chi connectivity index (χ3v) is 4.03. The molecule has 1 heterocycles. The number of nitrogens with one attached hydrogen (secondary N) is 1. The lowest BCUT2D eigenvalue weighted by molar-refractivity contribution is 0.485. The van der Waals surface area contributed by atoms with E-state index in [0.29, 0.717) is 6.04 Å². The average Bonchev–Trinajstić information content (AvgIpc) is 2.82. The van der Waals surface area contributed by atoms with Crippen LogP contribution < -0.4 is 5.32 Å². The highest BCUT2D eigenvalue weighted by Crippen LogP contribution is 2.18. The van der Waals surface area contributed by atoms with Gasteiger partial charge in [-0.2, -0.15) is 0 Å². The van der Waals surface area contributed by atoms with Crippen molar-refractivity contribution in [1.29, 1.82) is 0 Å². The molecule has 0 bridgehead atoms. The van der Waals surface area contributed by atoms with Gasteiger partial charge in [-0.15, -0.1) is 0 Å². The normalized spacial score (nSPS) is 12.9. The summed E-state index contributed by atoms with van der Waals surface area (Å²) in [4.78, 5) is 4.82. The lowest BCUT2D eigenvalue weighted by Crippen LogP contribution is -2.24. The molecule has 1 aromatic carbocycles. The smallest absolute Gasteiger partial charge is 0.109 e. The number of fused-ring (bicyclic) bond motifs is 1. The number of aryl methyl sites for hydroxylation is 2. The van der Waals surface area contributed by atoms with Gasteiger partial charge in [0.1, 0.15) is 5.82 Å². The zero-order valence-corrected chi connectivity index (χ0v) is 13.0. The van der Waals surface area contributed by atoms with Crippen LogP contribution in [0.1, 0.15) is 45.4 Å². The topological polar surface area (TPSA) is 29.9 Å². The summed E-state index contributed by atoms with van der Waals surface area (Å²) in [5.41, 5.74) is 2.42. The van der Waals surface area contributed by atoms with E-state index >= 15 is 0 Å². The number of para-hydroxylation sites is 2. The minimum atomic E-state index is 0.638. The van der Waals surface area contributed by atoms with Crippen LogP contribution in [0.5, 0.6) is 0 Å². The van der Waals surface area contributed by atoms with Crippen LogP contribution in [-0.2, 0) is 13.0 Å². The molecule has 1 N–H and O–H groups in total. The van der Waals surface area contributed by atoms with Crippen LogP contribution in [0.4, 0.5) is 0 Å². The van der Waals surface area contributed by atoms with Crippen molar-refractivity contribution in [1.82, 2.24) is 14.9 Å². The Balaban J connectivity index is 2.10. The van der Waals surface area contributed by atoms with Crippen LogP contribution in [0.2, 0.25) is 0 Å². The summed E-state index contributed by atoms with van der Waals surface area (Å²) in [6, 6.07) is 9.12. The van der Waals surface area contributed by atoms with Gasteiger partial charge >= 0.3 is 0 Å². The number of hydrogen-bond acceptors (Lipinski definition) is 2. The first-order valence-electron chi connectivity index (χ1n) is 7.91. The van der Waals surface area contributed by atoms with Gasteiger partial charge < -0.3 is 9.88 Å². The first kappa shape index (κ1) is 15.0. The Morgan fingerprint density at radius 2 is 2.05 bits per heavy atom. The summed E-state index contributed by atoms with van der Waals surface area (Å²) in [5, 5.41) is 3.38. The monoisotopic (exact) mass is 273 g/mol. The van der Waals surface area contributed by atoms with Crippen LogP contribution in [0, 0.1) is 0 Å². The zero-order chi connectivity index (χ0) is 14.4. The first-order valence-corrected chi connectivity index (χ1v) is 7.91. The van der Waals surface area contributed by atoms with Gasteiger partial charge in [-0.1, -0.05) is 26.0 Å². The van der Waals surface area contributed by atoms with Gasteiger partial charge in [0.25, 0.3) is 0 Å². The molecule has 1 unspecified atom stereocenters. The van der Waals surface area contributed by atoms with E-state index in [1.807, 2.05) is 0 Å². The molecule has 3 heteroatoms. The maximum atomic E-state index is 4.82. The SMILES string of the molecule is CCCn1c(CCCC(CC)NC)nc2ccccc21. The molecule has 2 aromatic rings. The molecule has 0 saturated carbocycles. The first-order chi connectivity index (χ1) is 9.80.